The fraction of sp³-hybridized carbons (Fsp3) is 0.222. The van der Waals surface area contributed by atoms with E-state index in [-0.39, 0.29) is 11.8 Å². The molecule has 0 atom stereocenters. The number of nitrogens with two attached hydrogens (primary N) is 1. The molecule has 0 aromatic heterocycles. The number of benzene rings is 1. The van der Waals surface area contributed by atoms with Crippen molar-refractivity contribution in [2.24, 2.45) is 5.73 Å². The van der Waals surface area contributed by atoms with E-state index in [2.05, 4.69) is 0 Å². The number of hydrogen-bond donors (Lipinski definition) is 1. The largest absolute Gasteiger partial charge is 0.496 e. The topological polar surface area (TPSA) is 53.7 Å². The quantitative estimate of drug-likeness (QED) is 0.741. The Hall–Kier alpha value is -1.49. The zero-order chi connectivity index (χ0) is 10.1. The number of rotatable bonds is 2. The third-order valence-electron chi connectivity index (χ3n) is 1.96. The fourth-order valence-corrected chi connectivity index (χ4v) is 1.44. The Morgan fingerprint density at radius 2 is 2.07 bits per heavy atom. The summed E-state index contributed by atoms with van der Waals surface area (Å²) in [5, 5.41) is 0. The highest BCUT2D eigenvalue weighted by Crippen LogP contribution is 2.37. The van der Waals surface area contributed by atoms with E-state index in [1.807, 2.05) is 0 Å². The highest BCUT2D eigenvalue weighted by atomic mass is 32.1. The third-order valence-corrected chi connectivity index (χ3v) is 2.18. The van der Waals surface area contributed by atoms with E-state index >= 15 is 0 Å². The van der Waals surface area contributed by atoms with Crippen LogP contribution in [0.4, 0.5) is 0 Å². The first-order valence-corrected chi connectivity index (χ1v) is 4.40. The van der Waals surface area contributed by atoms with Gasteiger partial charge in [0.15, 0.2) is 11.5 Å². The van der Waals surface area contributed by atoms with Gasteiger partial charge < -0.3 is 19.9 Å². The Kier molecular flexibility index (Phi) is 2.17. The SMILES string of the molecule is COc1cc2c(cc1C(N)=S)OCO2. The molecule has 14 heavy (non-hydrogen) atoms. The van der Waals surface area contributed by atoms with Crippen LogP contribution in [0.1, 0.15) is 5.56 Å². The van der Waals surface area contributed by atoms with Crippen molar-refractivity contribution in [1.29, 1.82) is 0 Å². The van der Waals surface area contributed by atoms with Crippen molar-refractivity contribution < 1.29 is 14.2 Å². The van der Waals surface area contributed by atoms with Crippen LogP contribution < -0.4 is 19.9 Å². The molecule has 0 fully saturated rings. The highest BCUT2D eigenvalue weighted by molar-refractivity contribution is 7.80. The van der Waals surface area contributed by atoms with Crippen LogP contribution in [-0.2, 0) is 0 Å². The van der Waals surface area contributed by atoms with Crippen LogP contribution in [-0.4, -0.2) is 18.9 Å². The fourth-order valence-electron chi connectivity index (χ4n) is 1.28. The molecule has 0 bridgehead atoms. The van der Waals surface area contributed by atoms with Crippen molar-refractivity contribution in [3.8, 4) is 17.2 Å². The van der Waals surface area contributed by atoms with E-state index in [0.717, 1.165) is 0 Å². The van der Waals surface area contributed by atoms with Crippen LogP contribution >= 0.6 is 12.2 Å². The number of hydrogen-bond acceptors (Lipinski definition) is 4. The first kappa shape index (κ1) is 9.08. The Labute approximate surface area is 86.6 Å². The van der Waals surface area contributed by atoms with Gasteiger partial charge in [0.05, 0.1) is 12.7 Å². The molecule has 5 heteroatoms. The van der Waals surface area contributed by atoms with E-state index in [1.54, 1.807) is 19.2 Å². The standard InChI is InChI=1S/C9H9NO3S/c1-11-6-3-8-7(12-4-13-8)2-5(6)9(10)14/h2-3H,4H2,1H3,(H2,10,14). The van der Waals surface area contributed by atoms with E-state index < -0.39 is 0 Å². The predicted octanol–water partition coefficient (Wildman–Crippen LogP) is 1.06. The zero-order valence-corrected chi connectivity index (χ0v) is 8.39. The van der Waals surface area contributed by atoms with Gasteiger partial charge in [0.25, 0.3) is 0 Å². The highest BCUT2D eigenvalue weighted by Gasteiger charge is 2.18. The number of methoxy groups -OCH3 is 1. The number of fused-ring (bicyclic) bond motifs is 1. The summed E-state index contributed by atoms with van der Waals surface area (Å²) in [4.78, 5) is 0.278. The van der Waals surface area contributed by atoms with Gasteiger partial charge >= 0.3 is 0 Å². The van der Waals surface area contributed by atoms with Crippen LogP contribution in [0, 0.1) is 0 Å². The lowest BCUT2D eigenvalue weighted by Crippen LogP contribution is -2.10. The van der Waals surface area contributed by atoms with E-state index in [0.29, 0.717) is 22.8 Å². The Morgan fingerprint density at radius 3 is 2.64 bits per heavy atom. The van der Waals surface area contributed by atoms with E-state index in [4.69, 9.17) is 32.2 Å². The molecule has 1 aliphatic heterocycles. The van der Waals surface area contributed by atoms with Crippen molar-refractivity contribution in [2.45, 2.75) is 0 Å². The van der Waals surface area contributed by atoms with Crippen LogP contribution in [0.2, 0.25) is 0 Å². The molecule has 0 saturated heterocycles. The normalized spacial score (nSPS) is 12.6. The lowest BCUT2D eigenvalue weighted by Gasteiger charge is -2.07. The monoisotopic (exact) mass is 211 g/mol. The Morgan fingerprint density at radius 1 is 1.43 bits per heavy atom. The van der Waals surface area contributed by atoms with Gasteiger partial charge in [0.1, 0.15) is 10.7 Å². The summed E-state index contributed by atoms with van der Waals surface area (Å²) >= 11 is 4.89. The maximum Gasteiger partial charge on any atom is 0.231 e. The predicted molar refractivity (Wildman–Crippen MR) is 55.0 cm³/mol. The maximum atomic E-state index is 5.54. The van der Waals surface area contributed by atoms with Gasteiger partial charge in [-0.2, -0.15) is 0 Å². The second kappa shape index (κ2) is 3.34. The van der Waals surface area contributed by atoms with E-state index in [9.17, 15) is 0 Å². The minimum atomic E-state index is 0.222. The smallest absolute Gasteiger partial charge is 0.231 e. The van der Waals surface area contributed by atoms with Gasteiger partial charge in [-0.1, -0.05) is 12.2 Å². The van der Waals surface area contributed by atoms with Gasteiger partial charge in [0.2, 0.25) is 6.79 Å². The molecule has 2 rings (SSSR count). The van der Waals surface area contributed by atoms with Crippen LogP contribution in [0.5, 0.6) is 17.2 Å². The summed E-state index contributed by atoms with van der Waals surface area (Å²) in [7, 11) is 1.55. The summed E-state index contributed by atoms with van der Waals surface area (Å²) in [6, 6.07) is 3.44. The molecular weight excluding hydrogens is 202 g/mol. The minimum absolute atomic E-state index is 0.222. The minimum Gasteiger partial charge on any atom is -0.496 e. The molecule has 1 aromatic carbocycles. The molecular formula is C9H9NO3S. The van der Waals surface area contributed by atoms with Crippen LogP contribution in [0.25, 0.3) is 0 Å². The molecule has 0 spiro atoms. The molecule has 1 heterocycles. The molecule has 1 aliphatic rings. The average Bonchev–Trinajstić information content (AvgIpc) is 2.62. The number of ether oxygens (including phenoxy) is 3. The van der Waals surface area contributed by atoms with Crippen molar-refractivity contribution in [2.75, 3.05) is 13.9 Å². The first-order chi connectivity index (χ1) is 6.72. The van der Waals surface area contributed by atoms with Gasteiger partial charge in [-0.3, -0.25) is 0 Å². The first-order valence-electron chi connectivity index (χ1n) is 4.00. The van der Waals surface area contributed by atoms with Gasteiger partial charge in [-0.25, -0.2) is 0 Å². The molecule has 74 valence electrons. The van der Waals surface area contributed by atoms with Gasteiger partial charge in [0, 0.05) is 6.07 Å². The lowest BCUT2D eigenvalue weighted by molar-refractivity contribution is 0.174. The molecule has 0 amide bonds. The Balaban J connectivity index is 2.54. The molecule has 2 N–H and O–H groups in total. The summed E-state index contributed by atoms with van der Waals surface area (Å²) < 4.78 is 15.5. The summed E-state index contributed by atoms with van der Waals surface area (Å²) in [5.41, 5.74) is 6.20. The molecule has 0 aliphatic carbocycles. The van der Waals surface area contributed by atoms with Crippen molar-refractivity contribution >= 4 is 17.2 Å². The van der Waals surface area contributed by atoms with Crippen molar-refractivity contribution in [3.63, 3.8) is 0 Å². The lowest BCUT2D eigenvalue weighted by atomic mass is 10.2. The van der Waals surface area contributed by atoms with Gasteiger partial charge in [-0.05, 0) is 6.07 Å². The third kappa shape index (κ3) is 1.35. The molecule has 0 unspecified atom stereocenters. The summed E-state index contributed by atoms with van der Waals surface area (Å²) in [5.74, 6) is 1.90. The van der Waals surface area contributed by atoms with Crippen LogP contribution in [0.15, 0.2) is 12.1 Å². The maximum absolute atomic E-state index is 5.54. The van der Waals surface area contributed by atoms with Gasteiger partial charge in [-0.15, -0.1) is 0 Å². The Bertz CT molecular complexity index is 392. The summed E-state index contributed by atoms with van der Waals surface area (Å²) in [6.45, 7) is 0.222. The van der Waals surface area contributed by atoms with E-state index in [1.165, 1.54) is 0 Å². The second-order valence-corrected chi connectivity index (χ2v) is 3.21. The van der Waals surface area contributed by atoms with Crippen molar-refractivity contribution in [3.05, 3.63) is 17.7 Å². The van der Waals surface area contributed by atoms with Crippen molar-refractivity contribution in [1.82, 2.24) is 0 Å². The molecule has 0 radical (unpaired) electrons. The average molecular weight is 211 g/mol. The van der Waals surface area contributed by atoms with Crippen LogP contribution in [0.3, 0.4) is 0 Å². The molecule has 1 aromatic rings. The zero-order valence-electron chi connectivity index (χ0n) is 7.57. The number of thiocarbonyl (C=S) groups is 1. The summed E-state index contributed by atoms with van der Waals surface area (Å²) in [6.07, 6.45) is 0. The molecule has 0 saturated carbocycles. The second-order valence-electron chi connectivity index (χ2n) is 2.77. The molecule has 4 nitrogen and oxygen atoms in total.